The van der Waals surface area contributed by atoms with E-state index >= 15 is 0 Å². The second-order valence-electron chi connectivity index (χ2n) is 2.61. The van der Waals surface area contributed by atoms with Gasteiger partial charge in [0, 0.05) is 0 Å². The molecule has 0 bridgehead atoms. The zero-order valence-electron chi connectivity index (χ0n) is 7.82. The van der Waals surface area contributed by atoms with Gasteiger partial charge in [0.1, 0.15) is 23.2 Å². The van der Waals surface area contributed by atoms with E-state index in [1.165, 1.54) is 19.6 Å². The molecule has 14 heavy (non-hydrogen) atoms. The number of ether oxygens (including phenoxy) is 1. The molecule has 1 rings (SSSR count). The molecule has 5 nitrogen and oxygen atoms in total. The van der Waals surface area contributed by atoms with Crippen molar-refractivity contribution < 1.29 is 9.53 Å². The molecular formula is C8H10ClN3O2. The number of nitrogens with zero attached hydrogens (tertiary/aromatic N) is 2. The molecule has 0 aliphatic rings. The van der Waals surface area contributed by atoms with Crippen LogP contribution >= 0.6 is 11.6 Å². The second-order valence-corrected chi connectivity index (χ2v) is 3.02. The summed E-state index contributed by atoms with van der Waals surface area (Å²) in [4.78, 5) is 18.6. The van der Waals surface area contributed by atoms with Gasteiger partial charge in [-0.25, -0.2) is 14.8 Å². The topological polar surface area (TPSA) is 64.1 Å². The van der Waals surface area contributed by atoms with Crippen molar-refractivity contribution in [2.24, 2.45) is 0 Å². The molecule has 0 aromatic carbocycles. The molecule has 1 N–H and O–H groups in total. The van der Waals surface area contributed by atoms with Crippen LogP contribution in [0.15, 0.2) is 12.5 Å². The Labute approximate surface area is 86.5 Å². The Morgan fingerprint density at radius 2 is 2.43 bits per heavy atom. The van der Waals surface area contributed by atoms with Crippen molar-refractivity contribution in [1.29, 1.82) is 0 Å². The predicted octanol–water partition coefficient (Wildman–Crippen LogP) is 1.10. The van der Waals surface area contributed by atoms with E-state index in [1.54, 1.807) is 6.92 Å². The summed E-state index contributed by atoms with van der Waals surface area (Å²) in [5.74, 6) is 0.0410. The lowest BCUT2D eigenvalue weighted by molar-refractivity contribution is -0.141. The maximum Gasteiger partial charge on any atom is 0.328 e. The van der Waals surface area contributed by atoms with Crippen LogP contribution < -0.4 is 5.32 Å². The van der Waals surface area contributed by atoms with E-state index in [4.69, 9.17) is 11.6 Å². The highest BCUT2D eigenvalue weighted by Gasteiger charge is 2.14. The molecule has 1 heterocycles. The number of halogens is 1. The number of carbonyl (C=O) groups is 1. The zero-order valence-corrected chi connectivity index (χ0v) is 8.58. The van der Waals surface area contributed by atoms with Gasteiger partial charge in [-0.15, -0.1) is 0 Å². The number of aromatic nitrogens is 2. The van der Waals surface area contributed by atoms with Gasteiger partial charge in [0.25, 0.3) is 0 Å². The van der Waals surface area contributed by atoms with Gasteiger partial charge in [0.15, 0.2) is 0 Å². The standard InChI is InChI=1S/C8H10ClN3O2/c1-5(8(13)14-2)12-7-6(9)3-10-4-11-7/h3-5H,1-2H3,(H,10,11,12). The number of hydrogen-bond acceptors (Lipinski definition) is 5. The fourth-order valence-electron chi connectivity index (χ4n) is 0.860. The van der Waals surface area contributed by atoms with Gasteiger partial charge in [-0.1, -0.05) is 11.6 Å². The summed E-state index contributed by atoms with van der Waals surface area (Å²) in [7, 11) is 1.32. The smallest absolute Gasteiger partial charge is 0.328 e. The Hall–Kier alpha value is -1.36. The van der Waals surface area contributed by atoms with Crippen LogP contribution in [0, 0.1) is 0 Å². The predicted molar refractivity (Wildman–Crippen MR) is 52.1 cm³/mol. The number of hydrogen-bond donors (Lipinski definition) is 1. The summed E-state index contributed by atoms with van der Waals surface area (Å²) in [5, 5.41) is 3.17. The molecule has 0 saturated heterocycles. The normalized spacial score (nSPS) is 11.9. The fourth-order valence-corrected chi connectivity index (χ4v) is 1.02. The lowest BCUT2D eigenvalue weighted by Crippen LogP contribution is -2.27. The lowest BCUT2D eigenvalue weighted by atomic mass is 10.3. The molecular weight excluding hydrogens is 206 g/mol. The average molecular weight is 216 g/mol. The van der Waals surface area contributed by atoms with Crippen molar-refractivity contribution in [2.45, 2.75) is 13.0 Å². The minimum absolute atomic E-state index is 0.364. The molecule has 1 aromatic rings. The third-order valence-electron chi connectivity index (χ3n) is 1.58. The zero-order chi connectivity index (χ0) is 10.6. The van der Waals surface area contributed by atoms with Crippen LogP contribution in [0.4, 0.5) is 5.82 Å². The Bertz CT molecular complexity index is 332. The molecule has 0 fully saturated rings. The van der Waals surface area contributed by atoms with Crippen LogP contribution in [-0.4, -0.2) is 29.1 Å². The first-order valence-electron chi connectivity index (χ1n) is 3.95. The summed E-state index contributed by atoms with van der Waals surface area (Å²) in [6.07, 6.45) is 2.79. The third kappa shape index (κ3) is 2.56. The van der Waals surface area contributed by atoms with E-state index in [9.17, 15) is 4.79 Å². The molecule has 0 radical (unpaired) electrons. The van der Waals surface area contributed by atoms with Crippen LogP contribution in [0.5, 0.6) is 0 Å². The van der Waals surface area contributed by atoms with Crippen LogP contribution in [0.25, 0.3) is 0 Å². The van der Waals surface area contributed by atoms with Gasteiger partial charge in [0.2, 0.25) is 0 Å². The van der Waals surface area contributed by atoms with Crippen molar-refractivity contribution in [2.75, 3.05) is 12.4 Å². The van der Waals surface area contributed by atoms with Gasteiger partial charge < -0.3 is 10.1 Å². The van der Waals surface area contributed by atoms with E-state index in [-0.39, 0.29) is 5.97 Å². The molecule has 0 aliphatic carbocycles. The van der Waals surface area contributed by atoms with Crippen molar-refractivity contribution in [3.8, 4) is 0 Å². The fraction of sp³-hybridized carbons (Fsp3) is 0.375. The van der Waals surface area contributed by atoms with Gasteiger partial charge in [-0.05, 0) is 6.92 Å². The molecule has 0 aliphatic heterocycles. The maximum atomic E-state index is 11.1. The number of esters is 1. The molecule has 1 unspecified atom stereocenters. The van der Waals surface area contributed by atoms with Gasteiger partial charge in [-0.3, -0.25) is 0 Å². The third-order valence-corrected chi connectivity index (χ3v) is 1.85. The van der Waals surface area contributed by atoms with Crippen molar-refractivity contribution in [1.82, 2.24) is 9.97 Å². The molecule has 1 aromatic heterocycles. The van der Waals surface area contributed by atoms with E-state index in [0.29, 0.717) is 10.8 Å². The Morgan fingerprint density at radius 3 is 3.00 bits per heavy atom. The van der Waals surface area contributed by atoms with Gasteiger partial charge in [0.05, 0.1) is 13.3 Å². The summed E-state index contributed by atoms with van der Waals surface area (Å²) in [5.41, 5.74) is 0. The molecule has 0 saturated carbocycles. The van der Waals surface area contributed by atoms with E-state index in [2.05, 4.69) is 20.0 Å². The largest absolute Gasteiger partial charge is 0.467 e. The first-order chi connectivity index (χ1) is 6.65. The molecule has 1 atom stereocenters. The minimum atomic E-state index is -0.493. The highest BCUT2D eigenvalue weighted by atomic mass is 35.5. The summed E-state index contributed by atoms with van der Waals surface area (Å²) in [6.45, 7) is 1.66. The minimum Gasteiger partial charge on any atom is -0.467 e. The molecule has 76 valence electrons. The van der Waals surface area contributed by atoms with Gasteiger partial charge >= 0.3 is 5.97 Å². The number of methoxy groups -OCH3 is 1. The first-order valence-corrected chi connectivity index (χ1v) is 4.33. The number of carbonyl (C=O) groups excluding carboxylic acids is 1. The first kappa shape index (κ1) is 10.7. The van der Waals surface area contributed by atoms with Gasteiger partial charge in [-0.2, -0.15) is 0 Å². The van der Waals surface area contributed by atoms with Crippen molar-refractivity contribution in [3.63, 3.8) is 0 Å². The van der Waals surface area contributed by atoms with E-state index in [0.717, 1.165) is 0 Å². The molecule has 0 amide bonds. The lowest BCUT2D eigenvalue weighted by Gasteiger charge is -2.12. The van der Waals surface area contributed by atoms with Crippen LogP contribution in [0.3, 0.4) is 0 Å². The highest BCUT2D eigenvalue weighted by Crippen LogP contribution is 2.16. The highest BCUT2D eigenvalue weighted by molar-refractivity contribution is 6.32. The average Bonchev–Trinajstić information content (AvgIpc) is 2.20. The number of rotatable bonds is 3. The van der Waals surface area contributed by atoms with E-state index < -0.39 is 6.04 Å². The Morgan fingerprint density at radius 1 is 1.71 bits per heavy atom. The van der Waals surface area contributed by atoms with Crippen molar-refractivity contribution >= 4 is 23.4 Å². The molecule has 6 heteroatoms. The van der Waals surface area contributed by atoms with Crippen molar-refractivity contribution in [3.05, 3.63) is 17.5 Å². The molecule has 0 spiro atoms. The summed E-state index contributed by atoms with van der Waals surface area (Å²) >= 11 is 5.78. The van der Waals surface area contributed by atoms with Crippen LogP contribution in [0.2, 0.25) is 5.02 Å². The van der Waals surface area contributed by atoms with E-state index in [1.807, 2.05) is 0 Å². The van der Waals surface area contributed by atoms with Crippen LogP contribution in [0.1, 0.15) is 6.92 Å². The summed E-state index contributed by atoms with van der Waals surface area (Å²) in [6, 6.07) is -0.493. The Balaban J connectivity index is 2.69. The second kappa shape index (κ2) is 4.76. The monoisotopic (exact) mass is 215 g/mol. The maximum absolute atomic E-state index is 11.1. The number of anilines is 1. The quantitative estimate of drug-likeness (QED) is 0.765. The summed E-state index contributed by atoms with van der Waals surface area (Å²) < 4.78 is 4.54. The Kier molecular flexibility index (Phi) is 3.64. The van der Waals surface area contributed by atoms with Crippen LogP contribution in [-0.2, 0) is 9.53 Å². The number of nitrogens with one attached hydrogen (secondary N) is 1. The SMILES string of the molecule is COC(=O)C(C)Nc1ncncc1Cl.